The van der Waals surface area contributed by atoms with Crippen molar-refractivity contribution < 1.29 is 9.53 Å². The molecule has 2 rings (SSSR count). The predicted molar refractivity (Wildman–Crippen MR) is 68.7 cm³/mol. The van der Waals surface area contributed by atoms with Crippen molar-refractivity contribution in [3.05, 3.63) is 28.8 Å². The van der Waals surface area contributed by atoms with Gasteiger partial charge in [-0.2, -0.15) is 0 Å². The molecule has 0 radical (unpaired) electrons. The van der Waals surface area contributed by atoms with Crippen LogP contribution in [0.2, 0.25) is 5.02 Å². The van der Waals surface area contributed by atoms with Gasteiger partial charge in [0.25, 0.3) is 0 Å². The number of aryl methyl sites for hydroxylation is 1. The van der Waals surface area contributed by atoms with E-state index in [1.54, 1.807) is 7.11 Å². The van der Waals surface area contributed by atoms with Crippen molar-refractivity contribution in [2.45, 2.75) is 32.1 Å². The Hall–Kier alpha value is -1.02. The van der Waals surface area contributed by atoms with Gasteiger partial charge in [0, 0.05) is 12.3 Å². The number of hydrogen-bond donors (Lipinski definition) is 0. The Bertz CT molecular complexity index is 415. The summed E-state index contributed by atoms with van der Waals surface area (Å²) in [5.74, 6) is 1.41. The van der Waals surface area contributed by atoms with Gasteiger partial charge in [0.05, 0.1) is 12.1 Å². The van der Waals surface area contributed by atoms with E-state index in [-0.39, 0.29) is 5.92 Å². The summed E-state index contributed by atoms with van der Waals surface area (Å²) in [5, 5.41) is 0.641. The Labute approximate surface area is 107 Å². The average Bonchev–Trinajstić information content (AvgIpc) is 2.72. The molecule has 92 valence electrons. The van der Waals surface area contributed by atoms with Crippen LogP contribution in [0.15, 0.2) is 18.2 Å². The molecule has 0 bridgehead atoms. The van der Waals surface area contributed by atoms with Crippen molar-refractivity contribution in [2.24, 2.45) is 5.92 Å². The fourth-order valence-electron chi connectivity index (χ4n) is 2.40. The monoisotopic (exact) mass is 252 g/mol. The van der Waals surface area contributed by atoms with E-state index in [4.69, 9.17) is 16.3 Å². The molecular formula is C14H17ClO2. The Morgan fingerprint density at radius 3 is 2.88 bits per heavy atom. The van der Waals surface area contributed by atoms with Crippen LogP contribution in [0.25, 0.3) is 0 Å². The zero-order chi connectivity index (χ0) is 12.3. The minimum atomic E-state index is 0.274. The van der Waals surface area contributed by atoms with E-state index >= 15 is 0 Å². The fourth-order valence-corrected chi connectivity index (χ4v) is 2.68. The molecule has 0 spiro atoms. The first kappa shape index (κ1) is 12.4. The topological polar surface area (TPSA) is 26.3 Å². The third kappa shape index (κ3) is 3.01. The quantitative estimate of drug-likeness (QED) is 0.818. The third-order valence-electron chi connectivity index (χ3n) is 3.43. The molecule has 2 nitrogen and oxygen atoms in total. The Balaban J connectivity index is 1.95. The van der Waals surface area contributed by atoms with Crippen LogP contribution in [-0.4, -0.2) is 12.9 Å². The van der Waals surface area contributed by atoms with E-state index in [0.717, 1.165) is 32.1 Å². The summed E-state index contributed by atoms with van der Waals surface area (Å²) in [6, 6.07) is 5.83. The van der Waals surface area contributed by atoms with Gasteiger partial charge in [0.1, 0.15) is 11.5 Å². The number of ketones is 1. The second-order valence-electron chi connectivity index (χ2n) is 4.56. The summed E-state index contributed by atoms with van der Waals surface area (Å²) in [5.41, 5.74) is 1.18. The van der Waals surface area contributed by atoms with E-state index in [9.17, 15) is 4.79 Å². The van der Waals surface area contributed by atoms with Gasteiger partial charge in [-0.05, 0) is 43.4 Å². The summed E-state index contributed by atoms with van der Waals surface area (Å²) in [7, 11) is 1.61. The zero-order valence-corrected chi connectivity index (χ0v) is 10.8. The number of rotatable bonds is 4. The summed E-state index contributed by atoms with van der Waals surface area (Å²) < 4.78 is 5.11. The number of hydrogen-bond acceptors (Lipinski definition) is 2. The van der Waals surface area contributed by atoms with Gasteiger partial charge in [0.2, 0.25) is 0 Å². The molecule has 0 aliphatic heterocycles. The van der Waals surface area contributed by atoms with Crippen LogP contribution in [-0.2, 0) is 11.2 Å². The van der Waals surface area contributed by atoms with Gasteiger partial charge in [-0.25, -0.2) is 0 Å². The Kier molecular flexibility index (Phi) is 4.06. The highest BCUT2D eigenvalue weighted by atomic mass is 35.5. The molecule has 1 aliphatic carbocycles. The first-order valence-corrected chi connectivity index (χ1v) is 6.43. The molecule has 1 fully saturated rings. The number of ether oxygens (including phenoxy) is 1. The van der Waals surface area contributed by atoms with Crippen molar-refractivity contribution in [3.8, 4) is 5.75 Å². The standard InChI is InChI=1S/C14H17ClO2/c1-17-14-8-6-10(9-12(14)15)5-7-11-3-2-4-13(11)16/h6,8-9,11H,2-5,7H2,1H3. The van der Waals surface area contributed by atoms with Crippen LogP contribution in [0, 0.1) is 5.92 Å². The first-order chi connectivity index (χ1) is 8.20. The number of halogens is 1. The molecule has 3 heteroatoms. The molecular weight excluding hydrogens is 236 g/mol. The molecule has 1 aromatic carbocycles. The van der Waals surface area contributed by atoms with Crippen molar-refractivity contribution in [3.63, 3.8) is 0 Å². The number of benzene rings is 1. The second kappa shape index (κ2) is 5.54. The van der Waals surface area contributed by atoms with Gasteiger partial charge >= 0.3 is 0 Å². The molecule has 0 N–H and O–H groups in total. The zero-order valence-electron chi connectivity index (χ0n) is 10.0. The van der Waals surface area contributed by atoms with E-state index in [0.29, 0.717) is 16.6 Å². The average molecular weight is 253 g/mol. The predicted octanol–water partition coefficient (Wildman–Crippen LogP) is 3.65. The highest BCUT2D eigenvalue weighted by Crippen LogP contribution is 2.28. The molecule has 1 unspecified atom stereocenters. The van der Waals surface area contributed by atoms with Crippen LogP contribution in [0.4, 0.5) is 0 Å². The highest BCUT2D eigenvalue weighted by molar-refractivity contribution is 6.32. The van der Waals surface area contributed by atoms with Crippen LogP contribution in [0.3, 0.4) is 0 Å². The lowest BCUT2D eigenvalue weighted by atomic mass is 9.97. The van der Waals surface area contributed by atoms with Gasteiger partial charge in [-0.3, -0.25) is 4.79 Å². The maximum absolute atomic E-state index is 11.5. The minimum Gasteiger partial charge on any atom is -0.495 e. The first-order valence-electron chi connectivity index (χ1n) is 6.06. The van der Waals surface area contributed by atoms with E-state index < -0.39 is 0 Å². The lowest BCUT2D eigenvalue weighted by molar-refractivity contribution is -0.120. The van der Waals surface area contributed by atoms with Gasteiger partial charge in [-0.15, -0.1) is 0 Å². The third-order valence-corrected chi connectivity index (χ3v) is 3.72. The number of carbonyl (C=O) groups excluding carboxylic acids is 1. The van der Waals surface area contributed by atoms with Gasteiger partial charge in [-0.1, -0.05) is 17.7 Å². The lowest BCUT2D eigenvalue weighted by Gasteiger charge is -2.09. The summed E-state index contributed by atoms with van der Waals surface area (Å²) >= 11 is 6.06. The molecule has 1 atom stereocenters. The summed E-state index contributed by atoms with van der Waals surface area (Å²) in [6.45, 7) is 0. The number of carbonyl (C=O) groups is 1. The smallest absolute Gasteiger partial charge is 0.137 e. The Morgan fingerprint density at radius 2 is 2.29 bits per heavy atom. The van der Waals surface area contributed by atoms with E-state index in [2.05, 4.69) is 0 Å². The van der Waals surface area contributed by atoms with Crippen molar-refractivity contribution >= 4 is 17.4 Å². The van der Waals surface area contributed by atoms with Crippen molar-refractivity contribution in [2.75, 3.05) is 7.11 Å². The maximum atomic E-state index is 11.5. The van der Waals surface area contributed by atoms with Crippen LogP contribution in [0.5, 0.6) is 5.75 Å². The number of Topliss-reactive ketones (excluding diaryl/α,β-unsaturated/α-hetero) is 1. The highest BCUT2D eigenvalue weighted by Gasteiger charge is 2.23. The molecule has 17 heavy (non-hydrogen) atoms. The van der Waals surface area contributed by atoms with Crippen molar-refractivity contribution in [1.29, 1.82) is 0 Å². The second-order valence-corrected chi connectivity index (χ2v) is 4.97. The SMILES string of the molecule is COc1ccc(CCC2CCCC2=O)cc1Cl. The molecule has 0 saturated heterocycles. The summed E-state index contributed by atoms with van der Waals surface area (Å²) in [4.78, 5) is 11.5. The van der Waals surface area contributed by atoms with E-state index in [1.807, 2.05) is 18.2 Å². The number of methoxy groups -OCH3 is 1. The van der Waals surface area contributed by atoms with Crippen molar-refractivity contribution in [1.82, 2.24) is 0 Å². The molecule has 1 aromatic rings. The van der Waals surface area contributed by atoms with Crippen LogP contribution in [0.1, 0.15) is 31.2 Å². The van der Waals surface area contributed by atoms with Gasteiger partial charge < -0.3 is 4.74 Å². The molecule has 1 saturated carbocycles. The van der Waals surface area contributed by atoms with E-state index in [1.165, 1.54) is 5.56 Å². The lowest BCUT2D eigenvalue weighted by Crippen LogP contribution is -2.07. The maximum Gasteiger partial charge on any atom is 0.137 e. The normalized spacial score (nSPS) is 19.6. The molecule has 1 aliphatic rings. The summed E-state index contributed by atoms with van der Waals surface area (Å²) in [6.07, 6.45) is 4.76. The molecule has 0 heterocycles. The largest absolute Gasteiger partial charge is 0.495 e. The fraction of sp³-hybridized carbons (Fsp3) is 0.500. The molecule has 0 aromatic heterocycles. The van der Waals surface area contributed by atoms with Gasteiger partial charge in [0.15, 0.2) is 0 Å². The van der Waals surface area contributed by atoms with Crippen LogP contribution >= 0.6 is 11.6 Å². The molecule has 0 amide bonds. The Morgan fingerprint density at radius 1 is 1.47 bits per heavy atom. The van der Waals surface area contributed by atoms with Crippen LogP contribution < -0.4 is 4.74 Å². The minimum absolute atomic E-state index is 0.274.